The summed E-state index contributed by atoms with van der Waals surface area (Å²) in [6.07, 6.45) is 0.905. The van der Waals surface area contributed by atoms with Crippen molar-refractivity contribution in [2.24, 2.45) is 0 Å². The van der Waals surface area contributed by atoms with E-state index in [-0.39, 0.29) is 23.6 Å². The summed E-state index contributed by atoms with van der Waals surface area (Å²) in [6, 6.07) is 13.1. The fourth-order valence-corrected chi connectivity index (χ4v) is 4.08. The second kappa shape index (κ2) is 8.40. The monoisotopic (exact) mass is 405 g/mol. The molecule has 30 heavy (non-hydrogen) atoms. The summed E-state index contributed by atoms with van der Waals surface area (Å²) in [6.45, 7) is 6.86. The molecule has 2 aliphatic rings. The first-order valence-electron chi connectivity index (χ1n) is 10.6. The van der Waals surface area contributed by atoms with Crippen LogP contribution in [0.5, 0.6) is 0 Å². The number of benzene rings is 2. The highest BCUT2D eigenvalue weighted by Crippen LogP contribution is 2.36. The average Bonchev–Trinajstić information content (AvgIpc) is 3.05. The van der Waals surface area contributed by atoms with Crippen LogP contribution in [0.4, 0.5) is 0 Å². The van der Waals surface area contributed by atoms with Crippen molar-refractivity contribution in [1.29, 1.82) is 0 Å². The molecule has 6 heteroatoms. The predicted octanol–water partition coefficient (Wildman–Crippen LogP) is 2.57. The molecule has 0 spiro atoms. The minimum Gasteiger partial charge on any atom is -0.353 e. The SMILES string of the molecule is CCC(C)NC(=O)CN1CCN(C(=O)c2ccc3c(c2)C(=O)c2ccccc2-3)CC1. The maximum Gasteiger partial charge on any atom is 0.253 e. The molecule has 4 rings (SSSR count). The molecular weight excluding hydrogens is 378 g/mol. The third kappa shape index (κ3) is 3.87. The van der Waals surface area contributed by atoms with Gasteiger partial charge in [0, 0.05) is 48.9 Å². The Balaban J connectivity index is 1.39. The topological polar surface area (TPSA) is 69.7 Å². The van der Waals surface area contributed by atoms with Gasteiger partial charge in [-0.25, -0.2) is 0 Å². The molecule has 1 atom stereocenters. The number of hydrogen-bond acceptors (Lipinski definition) is 4. The molecule has 6 nitrogen and oxygen atoms in total. The molecule has 1 heterocycles. The summed E-state index contributed by atoms with van der Waals surface area (Å²) in [4.78, 5) is 41.7. The molecule has 0 radical (unpaired) electrons. The summed E-state index contributed by atoms with van der Waals surface area (Å²) >= 11 is 0. The quantitative estimate of drug-likeness (QED) is 0.708. The van der Waals surface area contributed by atoms with E-state index < -0.39 is 0 Å². The third-order valence-electron chi connectivity index (χ3n) is 6.02. The van der Waals surface area contributed by atoms with Gasteiger partial charge in [-0.05, 0) is 36.6 Å². The van der Waals surface area contributed by atoms with Crippen molar-refractivity contribution in [3.63, 3.8) is 0 Å². The van der Waals surface area contributed by atoms with Crippen LogP contribution in [0, 0.1) is 0 Å². The zero-order chi connectivity index (χ0) is 21.3. The summed E-state index contributed by atoms with van der Waals surface area (Å²) in [5, 5.41) is 2.98. The molecule has 1 N–H and O–H groups in total. The minimum atomic E-state index is -0.0646. The number of amides is 2. The molecule has 1 aliphatic carbocycles. The first-order valence-corrected chi connectivity index (χ1v) is 10.6. The van der Waals surface area contributed by atoms with Crippen LogP contribution >= 0.6 is 0 Å². The molecule has 2 aromatic carbocycles. The lowest BCUT2D eigenvalue weighted by Gasteiger charge is -2.34. The summed E-state index contributed by atoms with van der Waals surface area (Å²) < 4.78 is 0. The van der Waals surface area contributed by atoms with Crippen LogP contribution in [0.25, 0.3) is 11.1 Å². The first-order chi connectivity index (χ1) is 14.5. The fraction of sp³-hybridized carbons (Fsp3) is 0.375. The van der Waals surface area contributed by atoms with Crippen LogP contribution < -0.4 is 5.32 Å². The van der Waals surface area contributed by atoms with Crippen molar-refractivity contribution in [2.45, 2.75) is 26.3 Å². The molecule has 0 aromatic heterocycles. The highest BCUT2D eigenvalue weighted by Gasteiger charge is 2.29. The zero-order valence-electron chi connectivity index (χ0n) is 17.5. The van der Waals surface area contributed by atoms with E-state index >= 15 is 0 Å². The van der Waals surface area contributed by atoms with Gasteiger partial charge in [0.25, 0.3) is 5.91 Å². The van der Waals surface area contributed by atoms with E-state index in [0.717, 1.165) is 17.5 Å². The number of rotatable bonds is 5. The molecule has 2 aromatic rings. The van der Waals surface area contributed by atoms with Crippen molar-refractivity contribution in [1.82, 2.24) is 15.1 Å². The Morgan fingerprint density at radius 1 is 0.967 bits per heavy atom. The molecule has 2 amide bonds. The zero-order valence-corrected chi connectivity index (χ0v) is 17.5. The van der Waals surface area contributed by atoms with Crippen molar-refractivity contribution >= 4 is 17.6 Å². The first kappa shape index (κ1) is 20.3. The van der Waals surface area contributed by atoms with Gasteiger partial charge in [0.15, 0.2) is 5.78 Å². The molecule has 1 unspecified atom stereocenters. The summed E-state index contributed by atoms with van der Waals surface area (Å²) in [5.41, 5.74) is 3.66. The van der Waals surface area contributed by atoms with Crippen molar-refractivity contribution in [3.8, 4) is 11.1 Å². The largest absolute Gasteiger partial charge is 0.353 e. The van der Waals surface area contributed by atoms with Gasteiger partial charge in [-0.2, -0.15) is 0 Å². The number of ketones is 1. The van der Waals surface area contributed by atoms with E-state index in [0.29, 0.717) is 49.4 Å². The van der Waals surface area contributed by atoms with E-state index in [2.05, 4.69) is 10.2 Å². The number of nitrogens with zero attached hydrogens (tertiary/aromatic N) is 2. The van der Waals surface area contributed by atoms with Crippen LogP contribution in [0.1, 0.15) is 46.5 Å². The lowest BCUT2D eigenvalue weighted by Crippen LogP contribution is -2.51. The summed E-state index contributed by atoms with van der Waals surface area (Å²) in [5.74, 6) is -0.0570. The molecule has 1 saturated heterocycles. The molecule has 1 fully saturated rings. The van der Waals surface area contributed by atoms with E-state index in [9.17, 15) is 14.4 Å². The number of nitrogens with one attached hydrogen (secondary N) is 1. The maximum atomic E-state index is 13.0. The lowest BCUT2D eigenvalue weighted by atomic mass is 10.0. The maximum absolute atomic E-state index is 13.0. The van der Waals surface area contributed by atoms with Crippen LogP contribution in [0.15, 0.2) is 42.5 Å². The van der Waals surface area contributed by atoms with Gasteiger partial charge in [-0.3, -0.25) is 19.3 Å². The van der Waals surface area contributed by atoms with Gasteiger partial charge in [0.05, 0.1) is 6.54 Å². The Kier molecular flexibility index (Phi) is 5.68. The van der Waals surface area contributed by atoms with Gasteiger partial charge in [-0.1, -0.05) is 37.3 Å². The van der Waals surface area contributed by atoms with Crippen LogP contribution in [0.2, 0.25) is 0 Å². The van der Waals surface area contributed by atoms with E-state index in [1.807, 2.05) is 50.2 Å². The van der Waals surface area contributed by atoms with E-state index in [4.69, 9.17) is 0 Å². The molecular formula is C24H27N3O3. The number of carbonyl (C=O) groups is 3. The lowest BCUT2D eigenvalue weighted by molar-refractivity contribution is -0.123. The van der Waals surface area contributed by atoms with Crippen LogP contribution in [0.3, 0.4) is 0 Å². The Labute approximate surface area is 176 Å². The molecule has 0 bridgehead atoms. The Bertz CT molecular complexity index is 993. The predicted molar refractivity (Wildman–Crippen MR) is 116 cm³/mol. The van der Waals surface area contributed by atoms with Crippen molar-refractivity contribution in [3.05, 3.63) is 59.2 Å². The Hall–Kier alpha value is -2.99. The molecule has 1 aliphatic heterocycles. The number of hydrogen-bond donors (Lipinski definition) is 1. The molecule has 0 saturated carbocycles. The second-order valence-corrected chi connectivity index (χ2v) is 8.08. The second-order valence-electron chi connectivity index (χ2n) is 8.08. The van der Waals surface area contributed by atoms with Gasteiger partial charge in [0.2, 0.25) is 5.91 Å². The van der Waals surface area contributed by atoms with Gasteiger partial charge in [-0.15, -0.1) is 0 Å². The van der Waals surface area contributed by atoms with Gasteiger partial charge >= 0.3 is 0 Å². The normalized spacial score (nSPS) is 16.7. The standard InChI is InChI=1S/C24H27N3O3/c1-3-16(2)25-22(28)15-26-10-12-27(13-11-26)24(30)17-8-9-19-18-6-4-5-7-20(18)23(29)21(19)14-17/h4-9,14,16H,3,10-13,15H2,1-2H3,(H,25,28). The third-order valence-corrected chi connectivity index (χ3v) is 6.02. The van der Waals surface area contributed by atoms with Crippen LogP contribution in [-0.2, 0) is 4.79 Å². The van der Waals surface area contributed by atoms with Gasteiger partial charge < -0.3 is 10.2 Å². The average molecular weight is 405 g/mol. The molecule has 156 valence electrons. The van der Waals surface area contributed by atoms with E-state index in [1.165, 1.54) is 0 Å². The number of carbonyl (C=O) groups excluding carboxylic acids is 3. The van der Waals surface area contributed by atoms with Gasteiger partial charge in [0.1, 0.15) is 0 Å². The van der Waals surface area contributed by atoms with Crippen LogP contribution in [-0.4, -0.2) is 66.2 Å². The van der Waals surface area contributed by atoms with Crippen molar-refractivity contribution in [2.75, 3.05) is 32.7 Å². The van der Waals surface area contributed by atoms with E-state index in [1.54, 1.807) is 11.0 Å². The highest BCUT2D eigenvalue weighted by atomic mass is 16.2. The number of piperazine rings is 1. The number of fused-ring (bicyclic) bond motifs is 3. The summed E-state index contributed by atoms with van der Waals surface area (Å²) in [7, 11) is 0. The Morgan fingerprint density at radius 2 is 1.63 bits per heavy atom. The van der Waals surface area contributed by atoms with Crippen molar-refractivity contribution < 1.29 is 14.4 Å². The minimum absolute atomic E-state index is 0.0209. The smallest absolute Gasteiger partial charge is 0.253 e. The fourth-order valence-electron chi connectivity index (χ4n) is 4.08. The Morgan fingerprint density at radius 3 is 2.33 bits per heavy atom. The highest BCUT2D eigenvalue weighted by molar-refractivity contribution is 6.22.